The Balaban J connectivity index is 2.68. The lowest BCUT2D eigenvalue weighted by Crippen LogP contribution is -1.95. The fraction of sp³-hybridized carbons (Fsp3) is 0.0833. The van der Waals surface area contributed by atoms with Crippen molar-refractivity contribution in [1.29, 1.82) is 0 Å². The van der Waals surface area contributed by atoms with Crippen LogP contribution in [-0.4, -0.2) is 10.1 Å². The molecule has 1 aromatic carbocycles. The van der Waals surface area contributed by atoms with Gasteiger partial charge in [0.25, 0.3) is 0 Å². The molecule has 0 fully saturated rings. The third-order valence-corrected chi connectivity index (χ3v) is 2.99. The van der Waals surface area contributed by atoms with Crippen LogP contribution in [0.2, 0.25) is 10.0 Å². The molecule has 0 aliphatic rings. The zero-order chi connectivity index (χ0) is 12.4. The van der Waals surface area contributed by atoms with Gasteiger partial charge in [0, 0.05) is 27.4 Å². The highest BCUT2D eigenvalue weighted by Crippen LogP contribution is 2.36. The number of hydrogen-bond acceptors (Lipinski definition) is 2. The van der Waals surface area contributed by atoms with Crippen LogP contribution in [0.3, 0.4) is 0 Å². The molecule has 88 valence electrons. The second-order valence-corrected chi connectivity index (χ2v) is 4.23. The molecule has 0 radical (unpaired) electrons. The van der Waals surface area contributed by atoms with E-state index >= 15 is 0 Å². The topological polar surface area (TPSA) is 33.1 Å². The van der Waals surface area contributed by atoms with Crippen molar-refractivity contribution in [3.05, 3.63) is 52.0 Å². The Labute approximate surface area is 108 Å². The van der Waals surface area contributed by atoms with Crippen LogP contribution in [0.4, 0.5) is 4.39 Å². The lowest BCUT2D eigenvalue weighted by molar-refractivity contribution is 0.281. The summed E-state index contributed by atoms with van der Waals surface area (Å²) in [5.74, 6) is -0.652. The van der Waals surface area contributed by atoms with Crippen LogP contribution in [-0.2, 0) is 6.61 Å². The van der Waals surface area contributed by atoms with Gasteiger partial charge in [-0.15, -0.1) is 0 Å². The van der Waals surface area contributed by atoms with Gasteiger partial charge in [-0.25, -0.2) is 4.98 Å². The molecular weight excluding hydrogens is 264 g/mol. The van der Waals surface area contributed by atoms with Crippen molar-refractivity contribution >= 4 is 23.2 Å². The molecule has 1 heterocycles. The lowest BCUT2D eigenvalue weighted by atomic mass is 10.0. The Morgan fingerprint density at radius 3 is 2.47 bits per heavy atom. The number of aliphatic hydroxyl groups is 1. The normalized spacial score (nSPS) is 10.6. The van der Waals surface area contributed by atoms with Crippen LogP contribution in [0.5, 0.6) is 0 Å². The van der Waals surface area contributed by atoms with Crippen molar-refractivity contribution in [3.63, 3.8) is 0 Å². The van der Waals surface area contributed by atoms with Gasteiger partial charge in [0.15, 0.2) is 0 Å². The van der Waals surface area contributed by atoms with Gasteiger partial charge >= 0.3 is 0 Å². The SMILES string of the molecule is OCc1cc(F)ncc1-c1c(Cl)cccc1Cl. The molecule has 0 aliphatic heterocycles. The fourth-order valence-corrected chi connectivity index (χ4v) is 2.18. The van der Waals surface area contributed by atoms with Gasteiger partial charge in [-0.3, -0.25) is 0 Å². The van der Waals surface area contributed by atoms with E-state index in [1.165, 1.54) is 6.20 Å². The van der Waals surface area contributed by atoms with E-state index in [9.17, 15) is 9.50 Å². The maximum absolute atomic E-state index is 13.0. The van der Waals surface area contributed by atoms with Crippen LogP contribution in [0.1, 0.15) is 5.56 Å². The first-order valence-electron chi connectivity index (χ1n) is 4.83. The Hall–Kier alpha value is -1.16. The van der Waals surface area contributed by atoms with Gasteiger partial charge in [0.05, 0.1) is 6.61 Å². The summed E-state index contributed by atoms with van der Waals surface area (Å²) in [6.45, 7) is -0.309. The minimum absolute atomic E-state index is 0.309. The van der Waals surface area contributed by atoms with Gasteiger partial charge < -0.3 is 5.11 Å². The number of pyridine rings is 1. The van der Waals surface area contributed by atoms with Gasteiger partial charge in [-0.2, -0.15) is 4.39 Å². The molecule has 1 aromatic heterocycles. The molecule has 0 unspecified atom stereocenters. The van der Waals surface area contributed by atoms with Crippen molar-refractivity contribution in [3.8, 4) is 11.1 Å². The van der Waals surface area contributed by atoms with E-state index in [4.69, 9.17) is 23.2 Å². The second kappa shape index (κ2) is 5.00. The highest BCUT2D eigenvalue weighted by Gasteiger charge is 2.13. The van der Waals surface area contributed by atoms with Crippen molar-refractivity contribution in [2.75, 3.05) is 0 Å². The van der Waals surface area contributed by atoms with Crippen molar-refractivity contribution in [2.45, 2.75) is 6.61 Å². The minimum Gasteiger partial charge on any atom is -0.392 e. The molecule has 0 spiro atoms. The lowest BCUT2D eigenvalue weighted by Gasteiger charge is -2.10. The zero-order valence-electron chi connectivity index (χ0n) is 8.62. The Kier molecular flexibility index (Phi) is 3.62. The molecule has 0 amide bonds. The Morgan fingerprint density at radius 2 is 1.88 bits per heavy atom. The summed E-state index contributed by atoms with van der Waals surface area (Å²) in [5.41, 5.74) is 1.48. The smallest absolute Gasteiger partial charge is 0.213 e. The van der Waals surface area contributed by atoms with E-state index in [2.05, 4.69) is 4.98 Å². The molecular formula is C12H8Cl2FNO. The van der Waals surface area contributed by atoms with E-state index in [0.29, 0.717) is 26.7 Å². The molecule has 2 aromatic rings. The summed E-state index contributed by atoms with van der Waals surface area (Å²) >= 11 is 12.1. The van der Waals surface area contributed by atoms with Crippen LogP contribution in [0, 0.1) is 5.95 Å². The van der Waals surface area contributed by atoms with Crippen LogP contribution in [0.25, 0.3) is 11.1 Å². The summed E-state index contributed by atoms with van der Waals surface area (Å²) in [6.07, 6.45) is 1.31. The van der Waals surface area contributed by atoms with Gasteiger partial charge in [0.1, 0.15) is 0 Å². The molecule has 2 nitrogen and oxygen atoms in total. The number of aliphatic hydroxyl groups excluding tert-OH is 1. The predicted molar refractivity (Wildman–Crippen MR) is 65.6 cm³/mol. The largest absolute Gasteiger partial charge is 0.392 e. The average molecular weight is 272 g/mol. The number of aromatic nitrogens is 1. The van der Waals surface area contributed by atoms with Gasteiger partial charge in [-0.05, 0) is 23.8 Å². The van der Waals surface area contributed by atoms with E-state index in [1.807, 2.05) is 0 Å². The van der Waals surface area contributed by atoms with Gasteiger partial charge in [0.2, 0.25) is 5.95 Å². The van der Waals surface area contributed by atoms with Crippen molar-refractivity contribution in [2.24, 2.45) is 0 Å². The summed E-state index contributed by atoms with van der Waals surface area (Å²) in [5, 5.41) is 10.1. The van der Waals surface area contributed by atoms with E-state index in [1.54, 1.807) is 18.2 Å². The second-order valence-electron chi connectivity index (χ2n) is 3.42. The van der Waals surface area contributed by atoms with Crippen molar-refractivity contribution in [1.82, 2.24) is 4.98 Å². The summed E-state index contributed by atoms with van der Waals surface area (Å²) in [6, 6.07) is 6.22. The first kappa shape index (κ1) is 12.3. The standard InChI is InChI=1S/C12H8Cl2FNO/c13-9-2-1-3-10(14)12(9)8-5-16-11(15)4-7(8)6-17/h1-5,17H,6H2. The number of nitrogens with zero attached hydrogens (tertiary/aromatic N) is 1. The number of halogens is 3. The molecule has 0 atom stereocenters. The van der Waals surface area contributed by atoms with E-state index in [0.717, 1.165) is 6.07 Å². The molecule has 5 heteroatoms. The van der Waals surface area contributed by atoms with Crippen LogP contribution in [0.15, 0.2) is 30.5 Å². The summed E-state index contributed by atoms with van der Waals surface area (Å²) in [4.78, 5) is 3.55. The maximum atomic E-state index is 13.0. The zero-order valence-corrected chi connectivity index (χ0v) is 10.1. The first-order valence-corrected chi connectivity index (χ1v) is 5.58. The van der Waals surface area contributed by atoms with Crippen LogP contribution < -0.4 is 0 Å². The van der Waals surface area contributed by atoms with Crippen molar-refractivity contribution < 1.29 is 9.50 Å². The summed E-state index contributed by atoms with van der Waals surface area (Å²) in [7, 11) is 0. The number of hydrogen-bond donors (Lipinski definition) is 1. The minimum atomic E-state index is -0.652. The Morgan fingerprint density at radius 1 is 1.24 bits per heavy atom. The third kappa shape index (κ3) is 2.41. The highest BCUT2D eigenvalue weighted by molar-refractivity contribution is 6.39. The average Bonchev–Trinajstić information content (AvgIpc) is 2.30. The van der Waals surface area contributed by atoms with Gasteiger partial charge in [-0.1, -0.05) is 29.3 Å². The predicted octanol–water partition coefficient (Wildman–Crippen LogP) is 3.69. The fourth-order valence-electron chi connectivity index (χ4n) is 1.58. The molecule has 0 saturated heterocycles. The molecule has 1 N–H and O–H groups in total. The highest BCUT2D eigenvalue weighted by atomic mass is 35.5. The Bertz CT molecular complexity index is 540. The van der Waals surface area contributed by atoms with E-state index in [-0.39, 0.29) is 6.61 Å². The molecule has 2 rings (SSSR count). The monoisotopic (exact) mass is 271 g/mol. The number of rotatable bonds is 2. The molecule has 0 aliphatic carbocycles. The van der Waals surface area contributed by atoms with Crippen LogP contribution >= 0.6 is 23.2 Å². The molecule has 0 saturated carbocycles. The maximum Gasteiger partial charge on any atom is 0.213 e. The van der Waals surface area contributed by atoms with E-state index < -0.39 is 5.95 Å². The quantitative estimate of drug-likeness (QED) is 0.846. The molecule has 17 heavy (non-hydrogen) atoms. The molecule has 0 bridgehead atoms. The first-order chi connectivity index (χ1) is 8.13. The number of benzene rings is 1. The third-order valence-electron chi connectivity index (χ3n) is 2.36. The summed E-state index contributed by atoms with van der Waals surface area (Å²) < 4.78 is 13.0.